The topological polar surface area (TPSA) is 89.5 Å². The molecule has 1 aliphatic heterocycles. The van der Waals surface area contributed by atoms with Crippen LogP contribution in [0.5, 0.6) is 5.75 Å². The number of hydrogen-bond acceptors (Lipinski definition) is 7. The van der Waals surface area contributed by atoms with Gasteiger partial charge < -0.3 is 14.1 Å². The van der Waals surface area contributed by atoms with E-state index in [0.29, 0.717) is 31.5 Å². The summed E-state index contributed by atoms with van der Waals surface area (Å²) in [7, 11) is 0. The Morgan fingerprint density at radius 3 is 2.55 bits per heavy atom. The van der Waals surface area contributed by atoms with Gasteiger partial charge >= 0.3 is 0 Å². The minimum atomic E-state index is -0.0860. The zero-order valence-corrected chi connectivity index (χ0v) is 19.0. The van der Waals surface area contributed by atoms with E-state index >= 15 is 0 Å². The first-order valence-corrected chi connectivity index (χ1v) is 11.8. The fraction of sp³-hybridized carbons (Fsp3) is 0.500. The number of carbonyl (C=O) groups excluding carboxylic acids is 1. The van der Waals surface area contributed by atoms with Crippen molar-refractivity contribution in [2.24, 2.45) is 0 Å². The fourth-order valence-corrected chi connectivity index (χ4v) is 4.96. The van der Waals surface area contributed by atoms with E-state index in [2.05, 4.69) is 32.6 Å². The van der Waals surface area contributed by atoms with E-state index in [1.807, 2.05) is 28.6 Å². The molecule has 0 N–H and O–H groups in total. The van der Waals surface area contributed by atoms with E-state index in [1.165, 1.54) is 19.1 Å². The summed E-state index contributed by atoms with van der Waals surface area (Å²) in [6.45, 7) is 5.31. The predicted octanol–water partition coefficient (Wildman–Crippen LogP) is 3.33. The predicted molar refractivity (Wildman–Crippen MR) is 121 cm³/mol. The molecule has 174 valence electrons. The lowest BCUT2D eigenvalue weighted by Gasteiger charge is -2.38. The number of benzene rings is 1. The standard InChI is InChI=1S/C24H30N6O3/c1-2-32-20-11-9-18(10-12-20)22(23-25-26-27-30(23)19-6-3-4-7-19)28-13-15-29(16-14-28)24(31)21-8-5-17-33-21/h5,8-12,17,19,22H,2-4,6-7,13-16H2,1H3. The molecule has 33 heavy (non-hydrogen) atoms. The Morgan fingerprint density at radius 2 is 1.88 bits per heavy atom. The molecule has 3 heterocycles. The number of piperazine rings is 1. The monoisotopic (exact) mass is 450 g/mol. The van der Waals surface area contributed by atoms with Gasteiger partial charge in [-0.25, -0.2) is 4.68 Å². The van der Waals surface area contributed by atoms with Gasteiger partial charge in [-0.05, 0) is 60.0 Å². The second-order valence-corrected chi connectivity index (χ2v) is 8.63. The molecule has 1 aromatic carbocycles. The molecule has 0 bridgehead atoms. The summed E-state index contributed by atoms with van der Waals surface area (Å²) in [5.41, 5.74) is 1.12. The van der Waals surface area contributed by atoms with E-state index in [9.17, 15) is 4.79 Å². The molecular formula is C24H30N6O3. The van der Waals surface area contributed by atoms with Crippen molar-refractivity contribution in [1.82, 2.24) is 30.0 Å². The van der Waals surface area contributed by atoms with E-state index in [0.717, 1.165) is 43.1 Å². The van der Waals surface area contributed by atoms with Crippen LogP contribution in [0.2, 0.25) is 0 Å². The Morgan fingerprint density at radius 1 is 1.12 bits per heavy atom. The van der Waals surface area contributed by atoms with Crippen LogP contribution in [0.4, 0.5) is 0 Å². The van der Waals surface area contributed by atoms with Crippen LogP contribution >= 0.6 is 0 Å². The first-order chi connectivity index (χ1) is 16.2. The highest BCUT2D eigenvalue weighted by atomic mass is 16.5. The van der Waals surface area contributed by atoms with Gasteiger partial charge in [0.15, 0.2) is 11.6 Å². The normalized spacial score (nSPS) is 18.5. The lowest BCUT2D eigenvalue weighted by Crippen LogP contribution is -2.50. The maximum atomic E-state index is 12.7. The molecule has 1 saturated heterocycles. The smallest absolute Gasteiger partial charge is 0.289 e. The number of amides is 1. The second-order valence-electron chi connectivity index (χ2n) is 8.63. The summed E-state index contributed by atoms with van der Waals surface area (Å²) in [4.78, 5) is 17.0. The summed E-state index contributed by atoms with van der Waals surface area (Å²) >= 11 is 0. The molecule has 1 amide bonds. The number of furan rings is 1. The third kappa shape index (κ3) is 4.50. The highest BCUT2D eigenvalue weighted by Gasteiger charge is 2.34. The molecule has 2 fully saturated rings. The van der Waals surface area contributed by atoms with Crippen molar-refractivity contribution in [3.05, 3.63) is 59.8 Å². The number of carbonyl (C=O) groups is 1. The van der Waals surface area contributed by atoms with Crippen molar-refractivity contribution < 1.29 is 13.9 Å². The number of hydrogen-bond donors (Lipinski definition) is 0. The van der Waals surface area contributed by atoms with Gasteiger partial charge in [0.25, 0.3) is 5.91 Å². The largest absolute Gasteiger partial charge is 0.494 e. The Kier molecular flexibility index (Phi) is 6.39. The molecule has 1 unspecified atom stereocenters. The van der Waals surface area contributed by atoms with E-state index < -0.39 is 0 Å². The summed E-state index contributed by atoms with van der Waals surface area (Å²) < 4.78 is 13.0. The van der Waals surface area contributed by atoms with Crippen molar-refractivity contribution in [2.75, 3.05) is 32.8 Å². The quantitative estimate of drug-likeness (QED) is 0.545. The molecule has 2 aliphatic rings. The van der Waals surface area contributed by atoms with Gasteiger partial charge in [-0.1, -0.05) is 25.0 Å². The molecule has 9 heteroatoms. The number of ether oxygens (including phenoxy) is 1. The first kappa shape index (κ1) is 21.6. The van der Waals surface area contributed by atoms with Crippen molar-refractivity contribution in [3.8, 4) is 5.75 Å². The highest BCUT2D eigenvalue weighted by Crippen LogP contribution is 2.35. The summed E-state index contributed by atoms with van der Waals surface area (Å²) in [6, 6.07) is 11.9. The second kappa shape index (κ2) is 9.74. The third-order valence-electron chi connectivity index (χ3n) is 6.64. The van der Waals surface area contributed by atoms with Gasteiger partial charge in [-0.3, -0.25) is 9.69 Å². The molecule has 1 saturated carbocycles. The van der Waals surface area contributed by atoms with E-state index in [1.54, 1.807) is 12.1 Å². The van der Waals surface area contributed by atoms with Crippen molar-refractivity contribution in [2.45, 2.75) is 44.7 Å². The molecule has 9 nitrogen and oxygen atoms in total. The van der Waals surface area contributed by atoms with Crippen molar-refractivity contribution in [1.29, 1.82) is 0 Å². The van der Waals surface area contributed by atoms with Crippen LogP contribution in [-0.4, -0.2) is 68.7 Å². The van der Waals surface area contributed by atoms with Crippen molar-refractivity contribution >= 4 is 5.91 Å². The Bertz CT molecular complexity index is 1030. The SMILES string of the molecule is CCOc1ccc(C(c2nnnn2C2CCCC2)N2CCN(C(=O)c3ccco3)CC2)cc1. The summed E-state index contributed by atoms with van der Waals surface area (Å²) in [5, 5.41) is 13.0. The number of nitrogens with zero attached hydrogens (tertiary/aromatic N) is 6. The fourth-order valence-electron chi connectivity index (χ4n) is 4.96. The van der Waals surface area contributed by atoms with Gasteiger partial charge in [-0.2, -0.15) is 0 Å². The lowest BCUT2D eigenvalue weighted by molar-refractivity contribution is 0.0558. The molecule has 1 atom stereocenters. The molecule has 2 aromatic heterocycles. The van der Waals surface area contributed by atoms with E-state index in [4.69, 9.17) is 9.15 Å². The third-order valence-corrected chi connectivity index (χ3v) is 6.64. The average molecular weight is 451 g/mol. The molecule has 5 rings (SSSR count). The maximum absolute atomic E-state index is 12.7. The molecule has 1 aliphatic carbocycles. The van der Waals surface area contributed by atoms with Crippen LogP contribution in [0, 0.1) is 0 Å². The highest BCUT2D eigenvalue weighted by molar-refractivity contribution is 5.91. The van der Waals surface area contributed by atoms with Crippen LogP contribution in [0.3, 0.4) is 0 Å². The summed E-state index contributed by atoms with van der Waals surface area (Å²) in [6.07, 6.45) is 6.18. The van der Waals surface area contributed by atoms with Crippen LogP contribution in [0.25, 0.3) is 0 Å². The van der Waals surface area contributed by atoms with Crippen LogP contribution in [-0.2, 0) is 0 Å². The molecular weight excluding hydrogens is 420 g/mol. The molecule has 3 aromatic rings. The van der Waals surface area contributed by atoms with Gasteiger partial charge in [0.1, 0.15) is 5.75 Å². The Labute approximate surface area is 193 Å². The Balaban J connectivity index is 1.40. The summed E-state index contributed by atoms with van der Waals surface area (Å²) in [5.74, 6) is 2.05. The van der Waals surface area contributed by atoms with Gasteiger partial charge in [-0.15, -0.1) is 5.10 Å². The number of rotatable bonds is 7. The minimum Gasteiger partial charge on any atom is -0.494 e. The molecule has 0 radical (unpaired) electrons. The average Bonchev–Trinajstić information content (AvgIpc) is 3.63. The van der Waals surface area contributed by atoms with Crippen molar-refractivity contribution in [3.63, 3.8) is 0 Å². The lowest BCUT2D eigenvalue weighted by atomic mass is 10.0. The molecule has 0 spiro atoms. The first-order valence-electron chi connectivity index (χ1n) is 11.8. The maximum Gasteiger partial charge on any atom is 0.289 e. The van der Waals surface area contributed by atoms with Crippen LogP contribution < -0.4 is 4.74 Å². The van der Waals surface area contributed by atoms with Gasteiger partial charge in [0.2, 0.25) is 0 Å². The zero-order chi connectivity index (χ0) is 22.6. The van der Waals surface area contributed by atoms with Gasteiger partial charge in [0, 0.05) is 26.2 Å². The van der Waals surface area contributed by atoms with Crippen LogP contribution in [0.1, 0.15) is 66.6 Å². The minimum absolute atomic E-state index is 0.0620. The number of tetrazole rings is 1. The van der Waals surface area contributed by atoms with E-state index in [-0.39, 0.29) is 11.9 Å². The Hall–Kier alpha value is -3.20. The van der Waals surface area contributed by atoms with Crippen LogP contribution in [0.15, 0.2) is 47.1 Å². The number of aromatic nitrogens is 4. The zero-order valence-electron chi connectivity index (χ0n) is 19.0. The van der Waals surface area contributed by atoms with Gasteiger partial charge in [0.05, 0.1) is 25.0 Å².